The summed E-state index contributed by atoms with van der Waals surface area (Å²) < 4.78 is 28.8. The van der Waals surface area contributed by atoms with Crippen LogP contribution < -0.4 is 14.8 Å². The van der Waals surface area contributed by atoms with Crippen molar-refractivity contribution < 1.29 is 8.42 Å². The zero-order chi connectivity index (χ0) is 14.0. The van der Waals surface area contributed by atoms with Gasteiger partial charge in [-0.1, -0.05) is 19.9 Å². The minimum absolute atomic E-state index is 0.278. The molecule has 1 heterocycles. The van der Waals surface area contributed by atoms with E-state index < -0.39 is 10.2 Å². The number of benzene rings is 1. The average Bonchev–Trinajstić information content (AvgIpc) is 2.36. The summed E-state index contributed by atoms with van der Waals surface area (Å²) >= 11 is 0. The maximum absolute atomic E-state index is 12.3. The summed E-state index contributed by atoms with van der Waals surface area (Å²) in [4.78, 5) is 0. The van der Waals surface area contributed by atoms with Crippen LogP contribution in [0.2, 0.25) is 0 Å². The number of nitrogen functional groups attached to an aromatic ring is 1. The normalized spacial score (nSPS) is 15.6. The van der Waals surface area contributed by atoms with E-state index in [0.717, 1.165) is 18.4 Å². The van der Waals surface area contributed by atoms with Gasteiger partial charge in [-0.2, -0.15) is 13.1 Å². The topological polar surface area (TPSA) is 75.4 Å². The predicted octanol–water partition coefficient (Wildman–Crippen LogP) is 1.51. The minimum atomic E-state index is -3.48. The van der Waals surface area contributed by atoms with E-state index in [9.17, 15) is 8.42 Å². The molecule has 1 aliphatic heterocycles. The van der Waals surface area contributed by atoms with Crippen LogP contribution in [0, 0.1) is 5.92 Å². The second kappa shape index (κ2) is 5.38. The number of fused-ring (bicyclic) bond motifs is 1. The van der Waals surface area contributed by atoms with Gasteiger partial charge in [0.1, 0.15) is 0 Å². The monoisotopic (exact) mass is 283 g/mol. The summed E-state index contributed by atoms with van der Waals surface area (Å²) in [6, 6.07) is 5.43. The first kappa shape index (κ1) is 14.1. The molecule has 0 radical (unpaired) electrons. The van der Waals surface area contributed by atoms with E-state index in [1.807, 2.05) is 26.0 Å². The second-order valence-corrected chi connectivity index (χ2v) is 6.95. The van der Waals surface area contributed by atoms with Crippen molar-refractivity contribution in [1.29, 1.82) is 0 Å². The zero-order valence-corrected chi connectivity index (χ0v) is 12.2. The van der Waals surface area contributed by atoms with Gasteiger partial charge >= 0.3 is 10.2 Å². The molecule has 0 atom stereocenters. The molecule has 5 nitrogen and oxygen atoms in total. The number of rotatable bonds is 4. The molecule has 1 aliphatic rings. The third kappa shape index (κ3) is 3.01. The van der Waals surface area contributed by atoms with Crippen molar-refractivity contribution in [3.63, 3.8) is 0 Å². The Labute approximate surface area is 115 Å². The standard InChI is InChI=1S/C13H21N3O2S/c1-10(2)9-15-19(17,18)16-8-4-5-11-12(14)6-3-7-13(11)16/h3,6-7,10,15H,4-5,8-9,14H2,1-2H3. The lowest BCUT2D eigenvalue weighted by Gasteiger charge is -2.31. The Bertz CT molecular complexity index is 555. The van der Waals surface area contributed by atoms with Crippen LogP contribution in [0.4, 0.5) is 11.4 Å². The quantitative estimate of drug-likeness (QED) is 0.822. The summed E-state index contributed by atoms with van der Waals surface area (Å²) in [5.74, 6) is 0.278. The maximum Gasteiger partial charge on any atom is 0.301 e. The molecular formula is C13H21N3O2S. The number of nitrogens with zero attached hydrogens (tertiary/aromatic N) is 1. The lowest BCUT2D eigenvalue weighted by Crippen LogP contribution is -2.44. The number of anilines is 2. The molecule has 0 fully saturated rings. The van der Waals surface area contributed by atoms with Gasteiger partial charge in [-0.15, -0.1) is 0 Å². The summed E-state index contributed by atoms with van der Waals surface area (Å²) in [5.41, 5.74) is 8.24. The van der Waals surface area contributed by atoms with Gasteiger partial charge in [-0.05, 0) is 36.5 Å². The predicted molar refractivity (Wildman–Crippen MR) is 78.3 cm³/mol. The molecule has 0 saturated heterocycles. The van der Waals surface area contributed by atoms with E-state index in [-0.39, 0.29) is 5.92 Å². The lowest BCUT2D eigenvalue weighted by molar-refractivity contribution is 0.552. The van der Waals surface area contributed by atoms with Gasteiger partial charge in [-0.25, -0.2) is 0 Å². The van der Waals surface area contributed by atoms with E-state index in [1.54, 1.807) is 6.07 Å². The highest BCUT2D eigenvalue weighted by Crippen LogP contribution is 2.32. The van der Waals surface area contributed by atoms with Gasteiger partial charge in [0.05, 0.1) is 5.69 Å². The van der Waals surface area contributed by atoms with E-state index in [4.69, 9.17) is 5.73 Å². The molecule has 1 aromatic rings. The molecule has 0 unspecified atom stereocenters. The highest BCUT2D eigenvalue weighted by Gasteiger charge is 2.27. The molecule has 0 bridgehead atoms. The van der Waals surface area contributed by atoms with Gasteiger partial charge < -0.3 is 5.73 Å². The Morgan fingerprint density at radius 3 is 2.84 bits per heavy atom. The first-order valence-corrected chi connectivity index (χ1v) is 8.00. The first-order chi connectivity index (χ1) is 8.92. The fraction of sp³-hybridized carbons (Fsp3) is 0.538. The Kier molecular flexibility index (Phi) is 4.01. The highest BCUT2D eigenvalue weighted by molar-refractivity contribution is 7.90. The minimum Gasteiger partial charge on any atom is -0.398 e. The Balaban J connectivity index is 2.31. The summed E-state index contributed by atoms with van der Waals surface area (Å²) in [6.45, 7) is 4.90. The molecule has 0 spiro atoms. The van der Waals surface area contributed by atoms with Crippen LogP contribution in [0.1, 0.15) is 25.8 Å². The van der Waals surface area contributed by atoms with Crippen molar-refractivity contribution in [1.82, 2.24) is 4.72 Å². The summed E-state index contributed by atoms with van der Waals surface area (Å²) in [7, 11) is -3.48. The zero-order valence-electron chi connectivity index (χ0n) is 11.4. The second-order valence-electron chi connectivity index (χ2n) is 5.27. The molecule has 0 aliphatic carbocycles. The van der Waals surface area contributed by atoms with Crippen LogP contribution in [-0.2, 0) is 16.6 Å². The maximum atomic E-state index is 12.3. The molecule has 1 aromatic carbocycles. The number of hydrogen-bond donors (Lipinski definition) is 2. The van der Waals surface area contributed by atoms with Crippen molar-refractivity contribution in [2.75, 3.05) is 23.1 Å². The summed E-state index contributed by atoms with van der Waals surface area (Å²) in [6.07, 6.45) is 1.63. The third-order valence-corrected chi connectivity index (χ3v) is 4.70. The third-order valence-electron chi connectivity index (χ3n) is 3.21. The van der Waals surface area contributed by atoms with Crippen LogP contribution in [0.15, 0.2) is 18.2 Å². The van der Waals surface area contributed by atoms with Gasteiger partial charge in [0.25, 0.3) is 0 Å². The van der Waals surface area contributed by atoms with Gasteiger partial charge in [0.15, 0.2) is 0 Å². The van der Waals surface area contributed by atoms with E-state index >= 15 is 0 Å². The molecule has 6 heteroatoms. The van der Waals surface area contributed by atoms with Crippen molar-refractivity contribution in [3.8, 4) is 0 Å². The molecule has 2 rings (SSSR count). The molecular weight excluding hydrogens is 262 g/mol. The fourth-order valence-electron chi connectivity index (χ4n) is 2.22. The average molecular weight is 283 g/mol. The van der Waals surface area contributed by atoms with Gasteiger partial charge in [0.2, 0.25) is 0 Å². The van der Waals surface area contributed by atoms with Crippen molar-refractivity contribution in [2.24, 2.45) is 5.92 Å². The van der Waals surface area contributed by atoms with Crippen LogP contribution in [0.3, 0.4) is 0 Å². The largest absolute Gasteiger partial charge is 0.398 e. The van der Waals surface area contributed by atoms with E-state index in [2.05, 4.69) is 4.72 Å². The molecule has 106 valence electrons. The van der Waals surface area contributed by atoms with Crippen molar-refractivity contribution in [2.45, 2.75) is 26.7 Å². The van der Waals surface area contributed by atoms with E-state index in [0.29, 0.717) is 24.5 Å². The molecule has 0 saturated carbocycles. The van der Waals surface area contributed by atoms with Gasteiger partial charge in [-0.3, -0.25) is 4.31 Å². The molecule has 0 amide bonds. The fourth-order valence-corrected chi connectivity index (χ4v) is 3.72. The Morgan fingerprint density at radius 2 is 2.16 bits per heavy atom. The van der Waals surface area contributed by atoms with Crippen molar-refractivity contribution in [3.05, 3.63) is 23.8 Å². The smallest absolute Gasteiger partial charge is 0.301 e. The Hall–Kier alpha value is -1.27. The van der Waals surface area contributed by atoms with Crippen molar-refractivity contribution >= 4 is 21.6 Å². The molecule has 0 aromatic heterocycles. The van der Waals surface area contributed by atoms with Crippen LogP contribution in [0.25, 0.3) is 0 Å². The number of hydrogen-bond acceptors (Lipinski definition) is 3. The SMILES string of the molecule is CC(C)CNS(=O)(=O)N1CCCc2c(N)cccc21. The lowest BCUT2D eigenvalue weighted by atomic mass is 10.0. The molecule has 19 heavy (non-hydrogen) atoms. The van der Waals surface area contributed by atoms with Crippen LogP contribution >= 0.6 is 0 Å². The van der Waals surface area contributed by atoms with Crippen LogP contribution in [-0.4, -0.2) is 21.5 Å². The van der Waals surface area contributed by atoms with E-state index in [1.165, 1.54) is 4.31 Å². The van der Waals surface area contributed by atoms with Crippen LogP contribution in [0.5, 0.6) is 0 Å². The Morgan fingerprint density at radius 1 is 1.42 bits per heavy atom. The van der Waals surface area contributed by atoms with Gasteiger partial charge in [0, 0.05) is 18.8 Å². The summed E-state index contributed by atoms with van der Waals surface area (Å²) in [5, 5.41) is 0. The number of nitrogens with two attached hydrogens (primary N) is 1. The number of nitrogens with one attached hydrogen (secondary N) is 1. The highest BCUT2D eigenvalue weighted by atomic mass is 32.2. The first-order valence-electron chi connectivity index (χ1n) is 6.56. The molecule has 3 N–H and O–H groups in total.